The summed E-state index contributed by atoms with van der Waals surface area (Å²) >= 11 is 0. The zero-order chi connectivity index (χ0) is 14.9. The fraction of sp³-hybridized carbons (Fsp3) is 1.00. The summed E-state index contributed by atoms with van der Waals surface area (Å²) in [6.45, 7) is 13.8. The van der Waals surface area contributed by atoms with Crippen LogP contribution in [0, 0.1) is 5.92 Å². The number of hydrogen-bond donors (Lipinski definition) is 1. The lowest BCUT2D eigenvalue weighted by Gasteiger charge is -2.30. The summed E-state index contributed by atoms with van der Waals surface area (Å²) in [4.78, 5) is 5.32. The van der Waals surface area contributed by atoms with E-state index in [1.165, 1.54) is 90.8 Å². The summed E-state index contributed by atoms with van der Waals surface area (Å²) < 4.78 is 0. The molecule has 2 fully saturated rings. The fourth-order valence-electron chi connectivity index (χ4n) is 3.91. The van der Waals surface area contributed by atoms with Crippen LogP contribution in [-0.4, -0.2) is 61.7 Å². The Labute approximate surface area is 132 Å². The highest BCUT2D eigenvalue weighted by Crippen LogP contribution is 2.13. The predicted molar refractivity (Wildman–Crippen MR) is 91.8 cm³/mol. The van der Waals surface area contributed by atoms with Crippen LogP contribution < -0.4 is 5.32 Å². The van der Waals surface area contributed by atoms with Crippen molar-refractivity contribution in [2.24, 2.45) is 5.92 Å². The van der Waals surface area contributed by atoms with E-state index >= 15 is 0 Å². The number of piperidine rings is 1. The Morgan fingerprint density at radius 1 is 0.952 bits per heavy atom. The molecule has 2 atom stereocenters. The molecule has 0 amide bonds. The Morgan fingerprint density at radius 3 is 2.48 bits per heavy atom. The lowest BCUT2D eigenvalue weighted by atomic mass is 10.1. The summed E-state index contributed by atoms with van der Waals surface area (Å²) in [6.07, 6.45) is 9.65. The maximum Gasteiger partial charge on any atom is 0.00798 e. The standard InChI is InChI=1S/C18H37N3/c1-3-10-20-13-7-8-18(9-14-20)19-15-17(2)16-21-11-5-4-6-12-21/h17-19H,3-16H2,1-2H3. The van der Waals surface area contributed by atoms with Gasteiger partial charge in [0.05, 0.1) is 0 Å². The van der Waals surface area contributed by atoms with Gasteiger partial charge in [0.1, 0.15) is 0 Å². The molecule has 3 heteroatoms. The molecular weight excluding hydrogens is 258 g/mol. The van der Waals surface area contributed by atoms with Gasteiger partial charge in [-0.2, -0.15) is 0 Å². The van der Waals surface area contributed by atoms with Gasteiger partial charge < -0.3 is 15.1 Å². The second-order valence-corrected chi connectivity index (χ2v) is 7.34. The first kappa shape index (κ1) is 17.2. The van der Waals surface area contributed by atoms with Crippen molar-refractivity contribution in [1.82, 2.24) is 15.1 Å². The minimum absolute atomic E-state index is 0.760. The zero-order valence-corrected chi connectivity index (χ0v) is 14.4. The van der Waals surface area contributed by atoms with Gasteiger partial charge in [-0.05, 0) is 83.7 Å². The van der Waals surface area contributed by atoms with Crippen LogP contribution in [0.4, 0.5) is 0 Å². The molecule has 0 aliphatic carbocycles. The summed E-state index contributed by atoms with van der Waals surface area (Å²) in [5.41, 5.74) is 0. The highest BCUT2D eigenvalue weighted by Gasteiger charge is 2.18. The van der Waals surface area contributed by atoms with Gasteiger partial charge >= 0.3 is 0 Å². The summed E-state index contributed by atoms with van der Waals surface area (Å²) in [6, 6.07) is 0.760. The third-order valence-electron chi connectivity index (χ3n) is 5.13. The monoisotopic (exact) mass is 295 g/mol. The number of hydrogen-bond acceptors (Lipinski definition) is 3. The van der Waals surface area contributed by atoms with E-state index in [1.54, 1.807) is 0 Å². The Kier molecular flexibility index (Phi) is 8.05. The molecule has 0 aromatic heterocycles. The Bertz CT molecular complexity index is 263. The van der Waals surface area contributed by atoms with E-state index in [1.807, 2.05) is 0 Å². The highest BCUT2D eigenvalue weighted by atomic mass is 15.1. The summed E-state index contributed by atoms with van der Waals surface area (Å²) in [7, 11) is 0. The lowest BCUT2D eigenvalue weighted by Crippen LogP contribution is -2.39. The average Bonchev–Trinajstić information content (AvgIpc) is 2.72. The van der Waals surface area contributed by atoms with Crippen molar-refractivity contribution in [1.29, 1.82) is 0 Å². The summed E-state index contributed by atoms with van der Waals surface area (Å²) in [5.74, 6) is 0.790. The average molecular weight is 296 g/mol. The van der Waals surface area contributed by atoms with Crippen molar-refractivity contribution in [3.8, 4) is 0 Å². The number of nitrogens with one attached hydrogen (secondary N) is 1. The van der Waals surface area contributed by atoms with Crippen LogP contribution in [0.5, 0.6) is 0 Å². The van der Waals surface area contributed by atoms with Crippen LogP contribution in [0.1, 0.15) is 58.8 Å². The minimum Gasteiger partial charge on any atom is -0.314 e. The van der Waals surface area contributed by atoms with E-state index < -0.39 is 0 Å². The highest BCUT2D eigenvalue weighted by molar-refractivity contribution is 4.76. The van der Waals surface area contributed by atoms with E-state index in [0.717, 1.165) is 12.0 Å². The number of rotatable bonds is 7. The molecule has 2 heterocycles. The van der Waals surface area contributed by atoms with Crippen LogP contribution in [0.2, 0.25) is 0 Å². The zero-order valence-electron chi connectivity index (χ0n) is 14.4. The van der Waals surface area contributed by atoms with Crippen molar-refractivity contribution < 1.29 is 0 Å². The first-order valence-corrected chi connectivity index (χ1v) is 9.46. The van der Waals surface area contributed by atoms with Gasteiger partial charge in [0.2, 0.25) is 0 Å². The Hall–Kier alpha value is -0.120. The van der Waals surface area contributed by atoms with Gasteiger partial charge in [0.25, 0.3) is 0 Å². The molecule has 0 radical (unpaired) electrons. The number of nitrogens with zero attached hydrogens (tertiary/aromatic N) is 2. The van der Waals surface area contributed by atoms with Gasteiger partial charge in [-0.3, -0.25) is 0 Å². The molecule has 0 spiro atoms. The van der Waals surface area contributed by atoms with E-state index in [-0.39, 0.29) is 0 Å². The largest absolute Gasteiger partial charge is 0.314 e. The van der Waals surface area contributed by atoms with E-state index in [0.29, 0.717) is 0 Å². The first-order valence-electron chi connectivity index (χ1n) is 9.46. The van der Waals surface area contributed by atoms with Crippen molar-refractivity contribution in [3.05, 3.63) is 0 Å². The minimum atomic E-state index is 0.760. The molecule has 0 aromatic carbocycles. The van der Waals surface area contributed by atoms with Crippen LogP contribution in [0.3, 0.4) is 0 Å². The molecule has 2 aliphatic rings. The van der Waals surface area contributed by atoms with Gasteiger partial charge in [-0.1, -0.05) is 20.3 Å². The van der Waals surface area contributed by atoms with E-state index in [2.05, 4.69) is 29.0 Å². The molecule has 0 bridgehead atoms. The van der Waals surface area contributed by atoms with Crippen LogP contribution in [0.15, 0.2) is 0 Å². The summed E-state index contributed by atoms with van der Waals surface area (Å²) in [5, 5.41) is 3.86. The van der Waals surface area contributed by atoms with Crippen LogP contribution in [-0.2, 0) is 0 Å². The first-order chi connectivity index (χ1) is 10.3. The molecule has 3 nitrogen and oxygen atoms in total. The van der Waals surface area contributed by atoms with Crippen molar-refractivity contribution in [2.45, 2.75) is 64.8 Å². The van der Waals surface area contributed by atoms with Gasteiger partial charge in [0, 0.05) is 12.6 Å². The maximum atomic E-state index is 3.86. The SMILES string of the molecule is CCCN1CCCC(NCC(C)CN2CCCCC2)CC1. The lowest BCUT2D eigenvalue weighted by molar-refractivity contribution is 0.196. The van der Waals surface area contributed by atoms with Crippen LogP contribution >= 0.6 is 0 Å². The van der Waals surface area contributed by atoms with E-state index in [4.69, 9.17) is 0 Å². The van der Waals surface area contributed by atoms with Gasteiger partial charge in [-0.15, -0.1) is 0 Å². The quantitative estimate of drug-likeness (QED) is 0.779. The molecule has 0 saturated carbocycles. The van der Waals surface area contributed by atoms with Gasteiger partial charge in [-0.25, -0.2) is 0 Å². The van der Waals surface area contributed by atoms with Crippen molar-refractivity contribution in [3.63, 3.8) is 0 Å². The third kappa shape index (κ3) is 6.66. The topological polar surface area (TPSA) is 18.5 Å². The van der Waals surface area contributed by atoms with E-state index in [9.17, 15) is 0 Å². The van der Waals surface area contributed by atoms with Crippen molar-refractivity contribution >= 4 is 0 Å². The Morgan fingerprint density at radius 2 is 1.71 bits per heavy atom. The number of likely N-dealkylation sites (tertiary alicyclic amines) is 2. The maximum absolute atomic E-state index is 3.86. The normalized spacial score (nSPS) is 27.4. The molecule has 124 valence electrons. The molecular formula is C18H37N3. The van der Waals surface area contributed by atoms with Crippen molar-refractivity contribution in [2.75, 3.05) is 45.8 Å². The fourth-order valence-corrected chi connectivity index (χ4v) is 3.91. The van der Waals surface area contributed by atoms with Gasteiger partial charge in [0.15, 0.2) is 0 Å². The molecule has 2 aliphatic heterocycles. The third-order valence-corrected chi connectivity index (χ3v) is 5.13. The Balaban J connectivity index is 1.60. The van der Waals surface area contributed by atoms with Crippen LogP contribution in [0.25, 0.3) is 0 Å². The molecule has 1 N–H and O–H groups in total. The molecule has 2 unspecified atom stereocenters. The predicted octanol–water partition coefficient (Wildman–Crippen LogP) is 2.96. The molecule has 0 aromatic rings. The molecule has 21 heavy (non-hydrogen) atoms. The molecule has 2 saturated heterocycles. The second-order valence-electron chi connectivity index (χ2n) is 7.34. The molecule has 2 rings (SSSR count). The smallest absolute Gasteiger partial charge is 0.00798 e. The second kappa shape index (κ2) is 9.81.